The average Bonchev–Trinajstić information content (AvgIpc) is 3.01. The minimum absolute atomic E-state index is 0.601. The standard InChI is InChI=1S/C17H17NOS/c1-13-5-7-14(8-6-13)12-19-16-4-2-3-15(11-16)17-18-9-10-20-17/h2-8,11H,9-10,12H2,1H3. The molecule has 2 aromatic rings. The molecule has 2 aromatic carbocycles. The molecule has 0 aliphatic carbocycles. The first-order chi connectivity index (χ1) is 9.81. The Morgan fingerprint density at radius 2 is 2.00 bits per heavy atom. The van der Waals surface area contributed by atoms with Crippen LogP contribution in [0.15, 0.2) is 53.5 Å². The van der Waals surface area contributed by atoms with E-state index in [1.165, 1.54) is 11.1 Å². The van der Waals surface area contributed by atoms with Crippen LogP contribution in [0.2, 0.25) is 0 Å². The SMILES string of the molecule is Cc1ccc(COc2cccc(C3=NCCS3)c2)cc1. The summed E-state index contributed by atoms with van der Waals surface area (Å²) in [5.41, 5.74) is 3.62. The van der Waals surface area contributed by atoms with Gasteiger partial charge in [0.25, 0.3) is 0 Å². The fourth-order valence-electron chi connectivity index (χ4n) is 2.08. The first-order valence-corrected chi connectivity index (χ1v) is 7.76. The third kappa shape index (κ3) is 3.23. The van der Waals surface area contributed by atoms with E-state index in [1.807, 2.05) is 23.9 Å². The molecule has 1 aliphatic rings. The molecule has 0 spiro atoms. The summed E-state index contributed by atoms with van der Waals surface area (Å²) in [6, 6.07) is 16.6. The zero-order valence-corrected chi connectivity index (χ0v) is 12.3. The van der Waals surface area contributed by atoms with Crippen molar-refractivity contribution in [3.63, 3.8) is 0 Å². The number of nitrogens with zero attached hydrogens (tertiary/aromatic N) is 1. The highest BCUT2D eigenvalue weighted by Crippen LogP contribution is 2.23. The van der Waals surface area contributed by atoms with Crippen LogP contribution in [0, 0.1) is 6.92 Å². The first-order valence-electron chi connectivity index (χ1n) is 6.77. The van der Waals surface area contributed by atoms with Crippen LogP contribution in [0.25, 0.3) is 0 Å². The Bertz CT molecular complexity index is 619. The minimum atomic E-state index is 0.601. The van der Waals surface area contributed by atoms with Crippen LogP contribution >= 0.6 is 11.8 Å². The fourth-order valence-corrected chi connectivity index (χ4v) is 2.93. The molecule has 0 aromatic heterocycles. The van der Waals surface area contributed by atoms with Gasteiger partial charge in [0.05, 0.1) is 5.04 Å². The van der Waals surface area contributed by atoms with Crippen LogP contribution in [-0.4, -0.2) is 17.3 Å². The molecule has 2 nitrogen and oxygen atoms in total. The quantitative estimate of drug-likeness (QED) is 0.843. The molecule has 0 atom stereocenters. The summed E-state index contributed by atoms with van der Waals surface area (Å²) < 4.78 is 5.87. The van der Waals surface area contributed by atoms with E-state index in [1.54, 1.807) is 0 Å². The predicted molar refractivity (Wildman–Crippen MR) is 85.8 cm³/mol. The van der Waals surface area contributed by atoms with Crippen molar-refractivity contribution in [1.82, 2.24) is 0 Å². The van der Waals surface area contributed by atoms with Gasteiger partial charge < -0.3 is 4.74 Å². The van der Waals surface area contributed by atoms with Gasteiger partial charge in [0.1, 0.15) is 12.4 Å². The minimum Gasteiger partial charge on any atom is -0.489 e. The maximum Gasteiger partial charge on any atom is 0.120 e. The normalized spacial score (nSPS) is 14.2. The lowest BCUT2D eigenvalue weighted by Gasteiger charge is -2.08. The van der Waals surface area contributed by atoms with Crippen molar-refractivity contribution in [2.45, 2.75) is 13.5 Å². The van der Waals surface area contributed by atoms with Crippen LogP contribution in [0.1, 0.15) is 16.7 Å². The van der Waals surface area contributed by atoms with Gasteiger partial charge in [-0.15, -0.1) is 11.8 Å². The Kier molecular flexibility index (Phi) is 4.07. The molecule has 0 radical (unpaired) electrons. The van der Waals surface area contributed by atoms with E-state index in [2.05, 4.69) is 48.3 Å². The molecular formula is C17H17NOS. The van der Waals surface area contributed by atoms with Crippen LogP contribution < -0.4 is 4.74 Å². The summed E-state index contributed by atoms with van der Waals surface area (Å²) in [6.07, 6.45) is 0. The molecule has 20 heavy (non-hydrogen) atoms. The van der Waals surface area contributed by atoms with Gasteiger partial charge in [0.2, 0.25) is 0 Å². The summed E-state index contributed by atoms with van der Waals surface area (Å²) in [5, 5.41) is 1.13. The Hall–Kier alpha value is -1.74. The zero-order chi connectivity index (χ0) is 13.8. The lowest BCUT2D eigenvalue weighted by Crippen LogP contribution is -1.97. The Morgan fingerprint density at radius 3 is 2.75 bits per heavy atom. The van der Waals surface area contributed by atoms with E-state index < -0.39 is 0 Å². The van der Waals surface area contributed by atoms with Gasteiger partial charge in [-0.3, -0.25) is 4.99 Å². The molecule has 0 amide bonds. The second-order valence-corrected chi connectivity index (χ2v) is 5.92. The second kappa shape index (κ2) is 6.14. The van der Waals surface area contributed by atoms with Crippen molar-refractivity contribution in [3.8, 4) is 5.75 Å². The van der Waals surface area contributed by atoms with Gasteiger partial charge in [-0.05, 0) is 24.6 Å². The molecule has 102 valence electrons. The number of thioether (sulfide) groups is 1. The third-order valence-electron chi connectivity index (χ3n) is 3.19. The number of rotatable bonds is 4. The van der Waals surface area contributed by atoms with Gasteiger partial charge in [0.15, 0.2) is 0 Å². The Labute approximate surface area is 123 Å². The Morgan fingerprint density at radius 1 is 1.15 bits per heavy atom. The number of ether oxygens (including phenoxy) is 1. The lowest BCUT2D eigenvalue weighted by molar-refractivity contribution is 0.306. The van der Waals surface area contributed by atoms with Gasteiger partial charge in [0, 0.05) is 17.9 Å². The van der Waals surface area contributed by atoms with Crippen molar-refractivity contribution in [2.24, 2.45) is 4.99 Å². The van der Waals surface area contributed by atoms with E-state index in [4.69, 9.17) is 4.74 Å². The van der Waals surface area contributed by atoms with Crippen LogP contribution in [0.3, 0.4) is 0 Å². The molecular weight excluding hydrogens is 266 g/mol. The summed E-state index contributed by atoms with van der Waals surface area (Å²) in [5.74, 6) is 1.99. The first kappa shape index (κ1) is 13.3. The van der Waals surface area contributed by atoms with Gasteiger partial charge >= 0.3 is 0 Å². The smallest absolute Gasteiger partial charge is 0.120 e. The molecule has 3 rings (SSSR count). The second-order valence-electron chi connectivity index (χ2n) is 4.84. The largest absolute Gasteiger partial charge is 0.489 e. The molecule has 0 N–H and O–H groups in total. The van der Waals surface area contributed by atoms with E-state index in [-0.39, 0.29) is 0 Å². The van der Waals surface area contributed by atoms with E-state index in [9.17, 15) is 0 Å². The summed E-state index contributed by atoms with van der Waals surface area (Å²) in [4.78, 5) is 4.50. The topological polar surface area (TPSA) is 21.6 Å². The highest BCUT2D eigenvalue weighted by atomic mass is 32.2. The molecule has 0 saturated heterocycles. The van der Waals surface area contributed by atoms with Gasteiger partial charge in [-0.25, -0.2) is 0 Å². The molecule has 0 fully saturated rings. The van der Waals surface area contributed by atoms with Crippen molar-refractivity contribution >= 4 is 16.8 Å². The maximum absolute atomic E-state index is 5.87. The summed E-state index contributed by atoms with van der Waals surface area (Å²) in [6.45, 7) is 3.62. The number of aryl methyl sites for hydroxylation is 1. The predicted octanol–water partition coefficient (Wildman–Crippen LogP) is 4.07. The monoisotopic (exact) mass is 283 g/mol. The van der Waals surface area contributed by atoms with Crippen molar-refractivity contribution in [3.05, 3.63) is 65.2 Å². The lowest BCUT2D eigenvalue weighted by atomic mass is 10.2. The number of hydrogen-bond acceptors (Lipinski definition) is 3. The van der Waals surface area contributed by atoms with Crippen molar-refractivity contribution in [1.29, 1.82) is 0 Å². The highest BCUT2D eigenvalue weighted by Gasteiger charge is 2.10. The van der Waals surface area contributed by atoms with Gasteiger partial charge in [-0.1, -0.05) is 42.0 Å². The molecule has 1 heterocycles. The molecule has 0 saturated carbocycles. The summed E-state index contributed by atoms with van der Waals surface area (Å²) >= 11 is 1.81. The average molecular weight is 283 g/mol. The van der Waals surface area contributed by atoms with E-state index >= 15 is 0 Å². The molecule has 3 heteroatoms. The Balaban J connectivity index is 1.68. The number of hydrogen-bond donors (Lipinski definition) is 0. The molecule has 0 bridgehead atoms. The van der Waals surface area contributed by atoms with E-state index in [0.29, 0.717) is 6.61 Å². The van der Waals surface area contributed by atoms with Crippen LogP contribution in [-0.2, 0) is 6.61 Å². The van der Waals surface area contributed by atoms with Gasteiger partial charge in [-0.2, -0.15) is 0 Å². The van der Waals surface area contributed by atoms with Crippen molar-refractivity contribution in [2.75, 3.05) is 12.3 Å². The molecule has 0 unspecified atom stereocenters. The number of aliphatic imine (C=N–C) groups is 1. The zero-order valence-electron chi connectivity index (χ0n) is 11.5. The number of benzene rings is 2. The fraction of sp³-hybridized carbons (Fsp3) is 0.235. The maximum atomic E-state index is 5.87. The van der Waals surface area contributed by atoms with Crippen molar-refractivity contribution < 1.29 is 4.74 Å². The van der Waals surface area contributed by atoms with Crippen LogP contribution in [0.4, 0.5) is 0 Å². The molecule has 1 aliphatic heterocycles. The van der Waals surface area contributed by atoms with E-state index in [0.717, 1.165) is 28.7 Å². The summed E-state index contributed by atoms with van der Waals surface area (Å²) in [7, 11) is 0. The third-order valence-corrected chi connectivity index (χ3v) is 4.22. The van der Waals surface area contributed by atoms with Crippen LogP contribution in [0.5, 0.6) is 5.75 Å². The highest BCUT2D eigenvalue weighted by molar-refractivity contribution is 8.14.